The number of likely N-dealkylation sites (N-methyl/N-ethyl adjacent to an activating group) is 1. The second-order valence-electron chi connectivity index (χ2n) is 8.28. The maximum atomic E-state index is 11.6. The lowest BCUT2D eigenvalue weighted by Gasteiger charge is -2.33. The predicted octanol–water partition coefficient (Wildman–Crippen LogP) is 1.57. The molecule has 1 rings (SSSR count). The number of piperazine rings is 1. The molecule has 1 aliphatic rings. The molecule has 28 heavy (non-hydrogen) atoms. The Kier molecular flexibility index (Phi) is 13.8. The molecule has 0 saturated carbocycles. The number of rotatable bonds is 8. The number of nitrogens with zero attached hydrogens (tertiary/aromatic N) is 3. The van der Waals surface area contributed by atoms with Gasteiger partial charge in [-0.15, -0.1) is 24.0 Å². The Hall–Kier alpha value is -0.810. The lowest BCUT2D eigenvalue weighted by molar-refractivity contribution is 0.0529. The van der Waals surface area contributed by atoms with Gasteiger partial charge in [0.25, 0.3) is 0 Å². The van der Waals surface area contributed by atoms with Crippen molar-refractivity contribution in [3.8, 4) is 0 Å². The fraction of sp³-hybridized carbons (Fsp3) is 0.895. The number of carbonyl (C=O) groups excluding carboxylic acids is 1. The van der Waals surface area contributed by atoms with Crippen LogP contribution in [0, 0.1) is 5.92 Å². The number of carbonyl (C=O) groups is 1. The van der Waals surface area contributed by atoms with E-state index >= 15 is 0 Å². The molecule has 1 unspecified atom stereocenters. The first-order valence-corrected chi connectivity index (χ1v) is 10.1. The molecule has 0 aliphatic carbocycles. The smallest absolute Gasteiger partial charge is 0.407 e. The normalized spacial score (nSPS) is 17.4. The Bertz CT molecular complexity index is 462. The summed E-state index contributed by atoms with van der Waals surface area (Å²) in [6.45, 7) is 18.1. The summed E-state index contributed by atoms with van der Waals surface area (Å²) in [4.78, 5) is 21.2. The van der Waals surface area contributed by atoms with Gasteiger partial charge < -0.3 is 30.5 Å². The monoisotopic (exact) mass is 512 g/mol. The van der Waals surface area contributed by atoms with Crippen LogP contribution in [0.1, 0.15) is 34.6 Å². The molecule has 8 nitrogen and oxygen atoms in total. The summed E-state index contributed by atoms with van der Waals surface area (Å²) >= 11 is 0. The molecule has 0 aromatic rings. The summed E-state index contributed by atoms with van der Waals surface area (Å²) in [6, 6.07) is 0. The van der Waals surface area contributed by atoms with E-state index in [4.69, 9.17) is 4.74 Å². The van der Waals surface area contributed by atoms with Crippen LogP contribution in [-0.4, -0.2) is 93.4 Å². The van der Waals surface area contributed by atoms with Crippen LogP contribution in [0.3, 0.4) is 0 Å². The van der Waals surface area contributed by atoms with E-state index in [1.807, 2.05) is 27.7 Å². The fourth-order valence-electron chi connectivity index (χ4n) is 2.78. The molecule has 1 fully saturated rings. The minimum Gasteiger partial charge on any atom is -0.444 e. The van der Waals surface area contributed by atoms with E-state index in [-0.39, 0.29) is 24.0 Å². The van der Waals surface area contributed by atoms with Crippen molar-refractivity contribution in [1.82, 2.24) is 25.8 Å². The molecule has 166 valence electrons. The maximum absolute atomic E-state index is 11.6. The average molecular weight is 512 g/mol. The first-order chi connectivity index (χ1) is 12.7. The molecular formula is C19H41IN6O2. The SMILES string of the molecule is CCNC(=NCC(C)CN1CCN(C)CC1)NCCNC(=O)OC(C)(C)C.I. The standard InChI is InChI=1S/C19H40N6O2.HI/c1-7-20-17(21-8-9-22-18(26)27-19(3,4)5)23-14-16(2)15-25-12-10-24(6)11-13-25;/h16H,7-15H2,1-6H3,(H,22,26)(H2,20,21,23);1H. The lowest BCUT2D eigenvalue weighted by Crippen LogP contribution is -2.46. The van der Waals surface area contributed by atoms with Gasteiger partial charge in [0.1, 0.15) is 5.60 Å². The van der Waals surface area contributed by atoms with Crippen LogP contribution in [0.2, 0.25) is 0 Å². The van der Waals surface area contributed by atoms with Gasteiger partial charge in [-0.25, -0.2) is 4.79 Å². The van der Waals surface area contributed by atoms with Gasteiger partial charge in [-0.05, 0) is 40.7 Å². The van der Waals surface area contributed by atoms with Crippen molar-refractivity contribution in [2.24, 2.45) is 10.9 Å². The number of nitrogens with one attached hydrogen (secondary N) is 3. The van der Waals surface area contributed by atoms with E-state index in [2.05, 4.69) is 44.7 Å². The number of alkyl carbamates (subject to hydrolysis) is 1. The van der Waals surface area contributed by atoms with Crippen LogP contribution in [0.15, 0.2) is 4.99 Å². The Morgan fingerprint density at radius 3 is 2.29 bits per heavy atom. The second-order valence-corrected chi connectivity index (χ2v) is 8.28. The van der Waals surface area contributed by atoms with E-state index in [1.165, 1.54) is 0 Å². The molecule has 1 atom stereocenters. The zero-order chi connectivity index (χ0) is 20.3. The highest BCUT2D eigenvalue weighted by Crippen LogP contribution is 2.06. The summed E-state index contributed by atoms with van der Waals surface area (Å²) in [5.41, 5.74) is -0.478. The topological polar surface area (TPSA) is 81.2 Å². The maximum Gasteiger partial charge on any atom is 0.407 e. The Labute approximate surface area is 188 Å². The molecule has 1 aliphatic heterocycles. The highest BCUT2D eigenvalue weighted by molar-refractivity contribution is 14.0. The molecule has 1 saturated heterocycles. The minimum absolute atomic E-state index is 0. The van der Waals surface area contributed by atoms with E-state index in [1.54, 1.807) is 0 Å². The molecule has 0 bridgehead atoms. The van der Waals surface area contributed by atoms with E-state index in [0.717, 1.165) is 51.8 Å². The summed E-state index contributed by atoms with van der Waals surface area (Å²) < 4.78 is 5.22. The molecule has 0 aromatic carbocycles. The zero-order valence-electron chi connectivity index (χ0n) is 18.5. The van der Waals surface area contributed by atoms with E-state index in [9.17, 15) is 4.79 Å². The van der Waals surface area contributed by atoms with Crippen molar-refractivity contribution in [3.63, 3.8) is 0 Å². The van der Waals surface area contributed by atoms with Crippen LogP contribution in [0.5, 0.6) is 0 Å². The summed E-state index contributed by atoms with van der Waals surface area (Å²) in [7, 11) is 2.18. The van der Waals surface area contributed by atoms with Crippen molar-refractivity contribution in [3.05, 3.63) is 0 Å². The molecule has 9 heteroatoms. The quantitative estimate of drug-likeness (QED) is 0.198. The highest BCUT2D eigenvalue weighted by Gasteiger charge is 2.16. The Morgan fingerprint density at radius 2 is 1.71 bits per heavy atom. The molecule has 3 N–H and O–H groups in total. The van der Waals surface area contributed by atoms with Crippen LogP contribution < -0.4 is 16.0 Å². The summed E-state index contributed by atoms with van der Waals surface area (Å²) in [5.74, 6) is 1.29. The van der Waals surface area contributed by atoms with E-state index < -0.39 is 11.7 Å². The molecular weight excluding hydrogens is 471 g/mol. The van der Waals surface area contributed by atoms with Crippen LogP contribution in [-0.2, 0) is 4.74 Å². The lowest BCUT2D eigenvalue weighted by atomic mass is 10.1. The molecule has 0 radical (unpaired) electrons. The number of aliphatic imine (C=N–C) groups is 1. The Balaban J connectivity index is 0.00000729. The first-order valence-electron chi connectivity index (χ1n) is 10.1. The number of hydrogen-bond donors (Lipinski definition) is 3. The minimum atomic E-state index is -0.478. The van der Waals surface area contributed by atoms with Crippen LogP contribution >= 0.6 is 24.0 Å². The summed E-state index contributed by atoms with van der Waals surface area (Å²) in [5, 5.41) is 9.24. The van der Waals surface area contributed by atoms with Crippen molar-refractivity contribution in [2.45, 2.75) is 40.2 Å². The van der Waals surface area contributed by atoms with Gasteiger partial charge in [0, 0.05) is 58.9 Å². The second kappa shape index (κ2) is 14.2. The molecule has 0 aromatic heterocycles. The van der Waals surface area contributed by atoms with Gasteiger partial charge in [-0.3, -0.25) is 4.99 Å². The number of halogens is 1. The van der Waals surface area contributed by atoms with E-state index in [0.29, 0.717) is 19.0 Å². The van der Waals surface area contributed by atoms with Gasteiger partial charge in [-0.1, -0.05) is 6.92 Å². The highest BCUT2D eigenvalue weighted by atomic mass is 127. The van der Waals surface area contributed by atoms with Crippen molar-refractivity contribution < 1.29 is 9.53 Å². The molecule has 0 spiro atoms. The third-order valence-electron chi connectivity index (χ3n) is 4.16. The van der Waals surface area contributed by atoms with Gasteiger partial charge >= 0.3 is 6.09 Å². The van der Waals surface area contributed by atoms with Gasteiger partial charge in [-0.2, -0.15) is 0 Å². The number of amides is 1. The van der Waals surface area contributed by atoms with Gasteiger partial charge in [0.15, 0.2) is 5.96 Å². The first kappa shape index (κ1) is 27.2. The third-order valence-corrected chi connectivity index (χ3v) is 4.16. The fourth-order valence-corrected chi connectivity index (χ4v) is 2.78. The largest absolute Gasteiger partial charge is 0.444 e. The summed E-state index contributed by atoms with van der Waals surface area (Å²) in [6.07, 6.45) is -0.396. The third kappa shape index (κ3) is 13.4. The molecule has 1 amide bonds. The van der Waals surface area contributed by atoms with Crippen LogP contribution in [0.4, 0.5) is 4.79 Å². The van der Waals surface area contributed by atoms with Gasteiger partial charge in [0.05, 0.1) is 0 Å². The van der Waals surface area contributed by atoms with Crippen LogP contribution in [0.25, 0.3) is 0 Å². The van der Waals surface area contributed by atoms with Crippen molar-refractivity contribution >= 4 is 36.0 Å². The Morgan fingerprint density at radius 1 is 1.11 bits per heavy atom. The van der Waals surface area contributed by atoms with Gasteiger partial charge in [0.2, 0.25) is 0 Å². The average Bonchev–Trinajstić information content (AvgIpc) is 2.57. The number of ether oxygens (including phenoxy) is 1. The number of guanidine groups is 1. The van der Waals surface area contributed by atoms with Crippen molar-refractivity contribution in [2.75, 3.05) is 66.0 Å². The predicted molar refractivity (Wildman–Crippen MR) is 127 cm³/mol. The van der Waals surface area contributed by atoms with Crippen molar-refractivity contribution in [1.29, 1.82) is 0 Å². The zero-order valence-corrected chi connectivity index (χ0v) is 20.8. The number of hydrogen-bond acceptors (Lipinski definition) is 5. The molecule has 1 heterocycles.